The number of hydrogen-bond donors (Lipinski definition) is 0. The molecule has 0 amide bonds. The van der Waals surface area contributed by atoms with Gasteiger partial charge < -0.3 is 9.30 Å². The lowest BCUT2D eigenvalue weighted by Gasteiger charge is -2.11. The number of nitrogens with zero attached hydrogens (tertiary/aromatic N) is 3. The lowest BCUT2D eigenvalue weighted by molar-refractivity contribution is 0.399. The molecular weight excluding hydrogens is 286 g/mol. The van der Waals surface area contributed by atoms with Gasteiger partial charge in [-0.25, -0.2) is 9.97 Å². The van der Waals surface area contributed by atoms with Gasteiger partial charge in [0.15, 0.2) is 0 Å². The van der Waals surface area contributed by atoms with Crippen LogP contribution in [0.15, 0.2) is 48.8 Å². The summed E-state index contributed by atoms with van der Waals surface area (Å²) < 4.78 is 7.46. The average Bonchev–Trinajstić information content (AvgIpc) is 2.98. The standard InChI is InChI=1S/C17H17N3O.C2H6/c1-12-9-10-18-17(21-3)15(12)16-19-11-14(20(16)2)13-7-5-4-6-8-13;1-2/h4-11H,1-3H3;1-2H3. The number of imidazole rings is 1. The highest BCUT2D eigenvalue weighted by atomic mass is 16.5. The minimum atomic E-state index is 0.600. The third kappa shape index (κ3) is 3.26. The van der Waals surface area contributed by atoms with Crippen LogP contribution in [-0.4, -0.2) is 21.6 Å². The second kappa shape index (κ2) is 7.58. The Morgan fingerprint density at radius 1 is 1.00 bits per heavy atom. The van der Waals surface area contributed by atoms with Crippen LogP contribution in [0.2, 0.25) is 0 Å². The fraction of sp³-hybridized carbons (Fsp3) is 0.263. The van der Waals surface area contributed by atoms with Crippen LogP contribution in [0.4, 0.5) is 0 Å². The molecule has 2 heterocycles. The number of benzene rings is 1. The Kier molecular flexibility index (Phi) is 5.52. The van der Waals surface area contributed by atoms with Gasteiger partial charge in [-0.05, 0) is 24.1 Å². The molecule has 0 fully saturated rings. The van der Waals surface area contributed by atoms with Crippen molar-refractivity contribution >= 4 is 0 Å². The van der Waals surface area contributed by atoms with Gasteiger partial charge in [0.05, 0.1) is 24.6 Å². The summed E-state index contributed by atoms with van der Waals surface area (Å²) in [6.07, 6.45) is 3.63. The molecule has 0 N–H and O–H groups in total. The maximum Gasteiger partial charge on any atom is 0.224 e. The molecule has 0 atom stereocenters. The molecule has 23 heavy (non-hydrogen) atoms. The first-order valence-corrected chi connectivity index (χ1v) is 7.79. The van der Waals surface area contributed by atoms with Gasteiger partial charge in [-0.2, -0.15) is 0 Å². The van der Waals surface area contributed by atoms with Crippen molar-refractivity contribution in [2.45, 2.75) is 20.8 Å². The first-order chi connectivity index (χ1) is 11.2. The van der Waals surface area contributed by atoms with E-state index in [2.05, 4.69) is 26.7 Å². The van der Waals surface area contributed by atoms with Crippen LogP contribution in [0.1, 0.15) is 19.4 Å². The van der Waals surface area contributed by atoms with E-state index in [0.717, 1.165) is 28.2 Å². The molecule has 120 valence electrons. The minimum absolute atomic E-state index is 0.600. The van der Waals surface area contributed by atoms with Gasteiger partial charge in [-0.1, -0.05) is 44.2 Å². The first kappa shape index (κ1) is 16.7. The van der Waals surface area contributed by atoms with Gasteiger partial charge in [-0.3, -0.25) is 0 Å². The van der Waals surface area contributed by atoms with Gasteiger partial charge in [0.25, 0.3) is 0 Å². The molecule has 0 saturated carbocycles. The third-order valence-corrected chi connectivity index (χ3v) is 3.60. The second-order valence-electron chi connectivity index (χ2n) is 4.90. The summed E-state index contributed by atoms with van der Waals surface area (Å²) in [5.41, 5.74) is 4.23. The quantitative estimate of drug-likeness (QED) is 0.715. The fourth-order valence-electron chi connectivity index (χ4n) is 2.48. The summed E-state index contributed by atoms with van der Waals surface area (Å²) in [4.78, 5) is 8.86. The van der Waals surface area contributed by atoms with Crippen molar-refractivity contribution in [1.82, 2.24) is 14.5 Å². The Morgan fingerprint density at radius 2 is 1.70 bits per heavy atom. The first-order valence-electron chi connectivity index (χ1n) is 7.79. The van der Waals surface area contributed by atoms with E-state index >= 15 is 0 Å². The van der Waals surface area contributed by atoms with E-state index in [-0.39, 0.29) is 0 Å². The number of hydrogen-bond acceptors (Lipinski definition) is 3. The van der Waals surface area contributed by atoms with Crippen LogP contribution in [0.3, 0.4) is 0 Å². The van der Waals surface area contributed by atoms with Crippen LogP contribution in [-0.2, 0) is 7.05 Å². The molecule has 0 bridgehead atoms. The van der Waals surface area contributed by atoms with Gasteiger partial charge in [-0.15, -0.1) is 0 Å². The van der Waals surface area contributed by atoms with Crippen molar-refractivity contribution in [1.29, 1.82) is 0 Å². The number of ether oxygens (including phenoxy) is 1. The summed E-state index contributed by atoms with van der Waals surface area (Å²) >= 11 is 0. The van der Waals surface area contributed by atoms with E-state index in [1.54, 1.807) is 13.3 Å². The minimum Gasteiger partial charge on any atom is -0.480 e. The molecule has 0 saturated heterocycles. The lowest BCUT2D eigenvalue weighted by atomic mass is 10.1. The van der Waals surface area contributed by atoms with Gasteiger partial charge in [0.1, 0.15) is 5.82 Å². The molecule has 0 spiro atoms. The predicted octanol–water partition coefficient (Wildman–Crippen LogP) is 4.49. The molecule has 3 aromatic rings. The van der Waals surface area contributed by atoms with Crippen molar-refractivity contribution in [2.24, 2.45) is 7.05 Å². The second-order valence-corrected chi connectivity index (χ2v) is 4.90. The van der Waals surface area contributed by atoms with E-state index in [0.29, 0.717) is 5.88 Å². The normalized spacial score (nSPS) is 9.96. The Balaban J connectivity index is 0.000000924. The summed E-state index contributed by atoms with van der Waals surface area (Å²) in [5.74, 6) is 1.46. The number of aryl methyl sites for hydroxylation is 1. The van der Waals surface area contributed by atoms with Gasteiger partial charge in [0, 0.05) is 13.2 Å². The van der Waals surface area contributed by atoms with E-state index in [1.807, 2.05) is 58.3 Å². The van der Waals surface area contributed by atoms with Crippen molar-refractivity contribution in [2.75, 3.05) is 7.11 Å². The maximum absolute atomic E-state index is 5.39. The van der Waals surface area contributed by atoms with Crippen molar-refractivity contribution in [3.8, 4) is 28.5 Å². The van der Waals surface area contributed by atoms with Crippen LogP contribution < -0.4 is 4.74 Å². The van der Waals surface area contributed by atoms with Crippen LogP contribution in [0, 0.1) is 6.92 Å². The van der Waals surface area contributed by atoms with E-state index in [4.69, 9.17) is 4.74 Å². The van der Waals surface area contributed by atoms with Crippen molar-refractivity contribution < 1.29 is 4.74 Å². The van der Waals surface area contributed by atoms with Crippen LogP contribution in [0.25, 0.3) is 22.6 Å². The Morgan fingerprint density at radius 3 is 2.35 bits per heavy atom. The zero-order chi connectivity index (χ0) is 16.8. The fourth-order valence-corrected chi connectivity index (χ4v) is 2.48. The zero-order valence-electron chi connectivity index (χ0n) is 14.4. The summed E-state index contributed by atoms with van der Waals surface area (Å²) in [5, 5.41) is 0. The number of pyridine rings is 1. The molecule has 0 aliphatic heterocycles. The number of rotatable bonds is 3. The topological polar surface area (TPSA) is 39.9 Å². The SMILES string of the molecule is CC.COc1nccc(C)c1-c1ncc(-c2ccccc2)n1C. The molecule has 0 unspecified atom stereocenters. The molecule has 4 nitrogen and oxygen atoms in total. The number of aromatic nitrogens is 3. The van der Waals surface area contributed by atoms with Gasteiger partial charge in [0.2, 0.25) is 5.88 Å². The molecular formula is C19H23N3O. The van der Waals surface area contributed by atoms with E-state index < -0.39 is 0 Å². The molecule has 3 rings (SSSR count). The largest absolute Gasteiger partial charge is 0.480 e. The van der Waals surface area contributed by atoms with Gasteiger partial charge >= 0.3 is 0 Å². The highest BCUT2D eigenvalue weighted by molar-refractivity contribution is 5.70. The highest BCUT2D eigenvalue weighted by Crippen LogP contribution is 2.32. The zero-order valence-corrected chi connectivity index (χ0v) is 14.4. The number of methoxy groups -OCH3 is 1. The lowest BCUT2D eigenvalue weighted by Crippen LogP contribution is -2.00. The predicted molar refractivity (Wildman–Crippen MR) is 94.5 cm³/mol. The third-order valence-electron chi connectivity index (χ3n) is 3.60. The molecule has 1 aromatic carbocycles. The Labute approximate surface area is 137 Å². The highest BCUT2D eigenvalue weighted by Gasteiger charge is 2.17. The average molecular weight is 309 g/mol. The van der Waals surface area contributed by atoms with E-state index in [1.165, 1.54) is 0 Å². The molecule has 0 aliphatic rings. The summed E-state index contributed by atoms with van der Waals surface area (Å²) in [7, 11) is 3.64. The molecule has 4 heteroatoms. The smallest absolute Gasteiger partial charge is 0.224 e. The monoisotopic (exact) mass is 309 g/mol. The van der Waals surface area contributed by atoms with Crippen LogP contribution in [0.5, 0.6) is 5.88 Å². The molecule has 0 aliphatic carbocycles. The Hall–Kier alpha value is -2.62. The maximum atomic E-state index is 5.39. The summed E-state index contributed by atoms with van der Waals surface area (Å²) in [6, 6.07) is 12.2. The Bertz CT molecular complexity index is 764. The summed E-state index contributed by atoms with van der Waals surface area (Å²) in [6.45, 7) is 6.04. The van der Waals surface area contributed by atoms with Crippen molar-refractivity contribution in [3.63, 3.8) is 0 Å². The van der Waals surface area contributed by atoms with Crippen LogP contribution >= 0.6 is 0 Å². The van der Waals surface area contributed by atoms with Crippen molar-refractivity contribution in [3.05, 3.63) is 54.4 Å². The molecule has 0 radical (unpaired) electrons. The van der Waals surface area contributed by atoms with E-state index in [9.17, 15) is 0 Å². The molecule has 2 aromatic heterocycles.